The lowest BCUT2D eigenvalue weighted by Gasteiger charge is -2.35. The molecule has 0 unspecified atom stereocenters. The zero-order valence-corrected chi connectivity index (χ0v) is 14.3. The van der Waals surface area contributed by atoms with E-state index in [0.29, 0.717) is 24.7 Å². The van der Waals surface area contributed by atoms with Crippen molar-refractivity contribution in [2.75, 3.05) is 31.1 Å². The van der Waals surface area contributed by atoms with Crippen molar-refractivity contribution in [3.05, 3.63) is 17.5 Å². The van der Waals surface area contributed by atoms with Crippen molar-refractivity contribution in [1.29, 1.82) is 0 Å². The predicted octanol–water partition coefficient (Wildman–Crippen LogP) is 2.02. The first-order valence-corrected chi connectivity index (χ1v) is 8.58. The summed E-state index contributed by atoms with van der Waals surface area (Å²) in [5, 5.41) is 0. The van der Waals surface area contributed by atoms with E-state index in [4.69, 9.17) is 4.74 Å². The Balaban J connectivity index is 1.81. The molecule has 3 heterocycles. The highest BCUT2D eigenvalue weighted by Gasteiger charge is 2.28. The van der Waals surface area contributed by atoms with Gasteiger partial charge in [0, 0.05) is 31.9 Å². The van der Waals surface area contributed by atoms with Gasteiger partial charge in [0.1, 0.15) is 5.69 Å². The summed E-state index contributed by atoms with van der Waals surface area (Å²) in [4.78, 5) is 26.0. The summed E-state index contributed by atoms with van der Waals surface area (Å²) in [7, 11) is 0. The van der Waals surface area contributed by atoms with Gasteiger partial charge in [-0.3, -0.25) is 4.79 Å². The summed E-state index contributed by atoms with van der Waals surface area (Å²) in [6, 6.07) is 1.79. The molecule has 0 bridgehead atoms. The first-order chi connectivity index (χ1) is 11.0. The van der Waals surface area contributed by atoms with E-state index in [1.54, 1.807) is 6.07 Å². The second-order valence-electron chi connectivity index (χ2n) is 6.71. The molecule has 0 aliphatic carbocycles. The molecule has 23 heavy (non-hydrogen) atoms. The summed E-state index contributed by atoms with van der Waals surface area (Å²) in [6.45, 7) is 9.11. The number of nitrogens with zero attached hydrogens (tertiary/aromatic N) is 4. The molecule has 2 aliphatic heterocycles. The summed E-state index contributed by atoms with van der Waals surface area (Å²) in [5.74, 6) is 0.679. The Hall–Kier alpha value is -1.69. The molecule has 0 saturated carbocycles. The monoisotopic (exact) mass is 318 g/mol. The fourth-order valence-electron chi connectivity index (χ4n) is 3.40. The molecule has 0 radical (unpaired) electrons. The number of piperidine rings is 1. The Morgan fingerprint density at radius 1 is 1.13 bits per heavy atom. The van der Waals surface area contributed by atoms with Gasteiger partial charge in [0.2, 0.25) is 5.95 Å². The third kappa shape index (κ3) is 3.80. The minimum atomic E-state index is -0.0178. The first kappa shape index (κ1) is 16.2. The van der Waals surface area contributed by atoms with Crippen molar-refractivity contribution in [3.63, 3.8) is 0 Å². The Morgan fingerprint density at radius 3 is 2.43 bits per heavy atom. The number of aromatic nitrogens is 2. The lowest BCUT2D eigenvalue weighted by Crippen LogP contribution is -2.48. The van der Waals surface area contributed by atoms with Gasteiger partial charge in [-0.2, -0.15) is 0 Å². The minimum Gasteiger partial charge on any atom is -0.372 e. The molecule has 2 aliphatic rings. The van der Waals surface area contributed by atoms with E-state index in [0.717, 1.165) is 18.8 Å². The second-order valence-corrected chi connectivity index (χ2v) is 6.71. The molecule has 2 fully saturated rings. The van der Waals surface area contributed by atoms with E-state index in [2.05, 4.69) is 14.9 Å². The van der Waals surface area contributed by atoms with Gasteiger partial charge in [-0.05, 0) is 46.1 Å². The van der Waals surface area contributed by atoms with Gasteiger partial charge >= 0.3 is 0 Å². The standard InChI is InChI=1S/C17H26N4O2/c1-12-9-15(16(22)21-10-13(2)23-14(3)11-21)19-17(18-12)20-7-5-4-6-8-20/h9,13-14H,4-8,10-11H2,1-3H3/t13-,14+. The number of anilines is 1. The highest BCUT2D eigenvalue weighted by atomic mass is 16.5. The lowest BCUT2D eigenvalue weighted by molar-refractivity contribution is -0.0587. The second kappa shape index (κ2) is 6.83. The Morgan fingerprint density at radius 2 is 1.78 bits per heavy atom. The van der Waals surface area contributed by atoms with Crippen molar-refractivity contribution >= 4 is 11.9 Å². The third-order valence-corrected chi connectivity index (χ3v) is 4.41. The number of carbonyl (C=O) groups excluding carboxylic acids is 1. The van der Waals surface area contributed by atoms with Gasteiger partial charge in [-0.1, -0.05) is 0 Å². The van der Waals surface area contributed by atoms with E-state index in [1.807, 2.05) is 25.7 Å². The average Bonchev–Trinajstić information content (AvgIpc) is 2.53. The molecule has 1 amide bonds. The van der Waals surface area contributed by atoms with Crippen LogP contribution in [0.25, 0.3) is 0 Å². The number of morpholine rings is 1. The molecule has 6 heteroatoms. The maximum absolute atomic E-state index is 12.8. The van der Waals surface area contributed by atoms with Crippen LogP contribution in [0.2, 0.25) is 0 Å². The van der Waals surface area contributed by atoms with Crippen LogP contribution < -0.4 is 4.90 Å². The number of aryl methyl sites for hydroxylation is 1. The fraction of sp³-hybridized carbons (Fsp3) is 0.706. The van der Waals surface area contributed by atoms with Crippen LogP contribution in [0.5, 0.6) is 0 Å². The minimum absolute atomic E-state index is 0.0178. The van der Waals surface area contributed by atoms with Gasteiger partial charge in [0.15, 0.2) is 0 Å². The number of rotatable bonds is 2. The first-order valence-electron chi connectivity index (χ1n) is 8.58. The number of ether oxygens (including phenoxy) is 1. The highest BCUT2D eigenvalue weighted by molar-refractivity contribution is 5.92. The van der Waals surface area contributed by atoms with Crippen molar-refractivity contribution in [3.8, 4) is 0 Å². The van der Waals surface area contributed by atoms with Gasteiger partial charge in [-0.25, -0.2) is 9.97 Å². The SMILES string of the molecule is Cc1cc(C(=O)N2C[C@@H](C)O[C@@H](C)C2)nc(N2CCCCC2)n1. The Labute approximate surface area is 137 Å². The molecule has 3 rings (SSSR count). The van der Waals surface area contributed by atoms with E-state index in [9.17, 15) is 4.79 Å². The van der Waals surface area contributed by atoms with Crippen molar-refractivity contribution in [2.24, 2.45) is 0 Å². The summed E-state index contributed by atoms with van der Waals surface area (Å²) < 4.78 is 5.71. The average molecular weight is 318 g/mol. The summed E-state index contributed by atoms with van der Waals surface area (Å²) in [6.07, 6.45) is 3.72. The zero-order valence-electron chi connectivity index (χ0n) is 14.3. The van der Waals surface area contributed by atoms with Crippen LogP contribution in [-0.2, 0) is 4.74 Å². The molecule has 2 saturated heterocycles. The van der Waals surface area contributed by atoms with Crippen LogP contribution in [-0.4, -0.2) is 59.2 Å². The third-order valence-electron chi connectivity index (χ3n) is 4.41. The van der Waals surface area contributed by atoms with Crippen LogP contribution in [0.4, 0.5) is 5.95 Å². The van der Waals surface area contributed by atoms with Crippen molar-refractivity contribution in [1.82, 2.24) is 14.9 Å². The van der Waals surface area contributed by atoms with Crippen LogP contribution in [0.1, 0.15) is 49.3 Å². The van der Waals surface area contributed by atoms with E-state index in [1.165, 1.54) is 19.3 Å². The van der Waals surface area contributed by atoms with Crippen LogP contribution in [0.15, 0.2) is 6.07 Å². The van der Waals surface area contributed by atoms with E-state index in [-0.39, 0.29) is 18.1 Å². The lowest BCUT2D eigenvalue weighted by atomic mass is 10.1. The molecule has 0 spiro atoms. The smallest absolute Gasteiger partial charge is 0.272 e. The van der Waals surface area contributed by atoms with Crippen molar-refractivity contribution in [2.45, 2.75) is 52.2 Å². The summed E-state index contributed by atoms with van der Waals surface area (Å²) >= 11 is 0. The van der Waals surface area contributed by atoms with Gasteiger partial charge in [0.25, 0.3) is 5.91 Å². The molecule has 0 aromatic carbocycles. The number of hydrogen-bond donors (Lipinski definition) is 0. The molecule has 126 valence electrons. The highest BCUT2D eigenvalue weighted by Crippen LogP contribution is 2.19. The molecule has 1 aromatic rings. The molecule has 1 aromatic heterocycles. The fourth-order valence-corrected chi connectivity index (χ4v) is 3.40. The van der Waals surface area contributed by atoms with E-state index >= 15 is 0 Å². The maximum atomic E-state index is 12.8. The normalized spacial score (nSPS) is 25.5. The zero-order chi connectivity index (χ0) is 16.4. The summed E-state index contributed by atoms with van der Waals surface area (Å²) in [5.41, 5.74) is 1.35. The maximum Gasteiger partial charge on any atom is 0.272 e. The van der Waals surface area contributed by atoms with Crippen LogP contribution in [0, 0.1) is 6.92 Å². The van der Waals surface area contributed by atoms with Crippen molar-refractivity contribution < 1.29 is 9.53 Å². The van der Waals surface area contributed by atoms with Gasteiger partial charge < -0.3 is 14.5 Å². The predicted molar refractivity (Wildman–Crippen MR) is 88.7 cm³/mol. The number of amides is 1. The van der Waals surface area contributed by atoms with Crippen LogP contribution >= 0.6 is 0 Å². The van der Waals surface area contributed by atoms with Gasteiger partial charge in [0.05, 0.1) is 12.2 Å². The number of hydrogen-bond acceptors (Lipinski definition) is 5. The molecular formula is C17H26N4O2. The molecule has 2 atom stereocenters. The topological polar surface area (TPSA) is 58.6 Å². The largest absolute Gasteiger partial charge is 0.372 e. The Kier molecular flexibility index (Phi) is 4.80. The quantitative estimate of drug-likeness (QED) is 0.835. The van der Waals surface area contributed by atoms with E-state index < -0.39 is 0 Å². The molecule has 0 N–H and O–H groups in total. The van der Waals surface area contributed by atoms with Crippen LogP contribution in [0.3, 0.4) is 0 Å². The molecular weight excluding hydrogens is 292 g/mol. The van der Waals surface area contributed by atoms with Gasteiger partial charge in [-0.15, -0.1) is 0 Å². The number of carbonyl (C=O) groups is 1. The molecule has 6 nitrogen and oxygen atoms in total. The Bertz CT molecular complexity index is 562.